The van der Waals surface area contributed by atoms with E-state index >= 15 is 0 Å². The fourth-order valence-corrected chi connectivity index (χ4v) is 8.83. The number of rotatable bonds is 1. The average molecular weight is 370 g/mol. The molecule has 4 aliphatic carbocycles. The molecule has 0 amide bonds. The highest BCUT2D eigenvalue weighted by molar-refractivity contribution is 5.93. The molecule has 0 aromatic rings. The molecule has 4 bridgehead atoms. The van der Waals surface area contributed by atoms with Gasteiger partial charge in [-0.25, -0.2) is 4.79 Å². The number of hydrogen-bond donors (Lipinski definition) is 1. The van der Waals surface area contributed by atoms with Crippen LogP contribution in [0.25, 0.3) is 0 Å². The molecule has 2 saturated heterocycles. The number of ether oxygens (including phenoxy) is 1. The second-order valence-electron chi connectivity index (χ2n) is 10.4. The Morgan fingerprint density at radius 3 is 2.81 bits per heavy atom. The van der Waals surface area contributed by atoms with Crippen molar-refractivity contribution in [2.75, 3.05) is 20.2 Å². The highest BCUT2D eigenvalue weighted by Gasteiger charge is 2.78. The van der Waals surface area contributed by atoms with Crippen LogP contribution in [0.5, 0.6) is 0 Å². The minimum atomic E-state index is -0.799. The first kappa shape index (κ1) is 16.8. The maximum Gasteiger partial charge on any atom is 0.334 e. The highest BCUT2D eigenvalue weighted by Crippen LogP contribution is 2.78. The Labute approximate surface area is 161 Å². The molecule has 1 N–H and O–H groups in total. The normalized spacial score (nSPS) is 50.1. The Kier molecular flexibility index (Phi) is 3.04. The summed E-state index contributed by atoms with van der Waals surface area (Å²) in [6.45, 7) is 6.81. The maximum atomic E-state index is 12.8. The third-order valence-electron chi connectivity index (χ3n) is 9.91. The van der Waals surface area contributed by atoms with Crippen molar-refractivity contribution in [1.29, 1.82) is 0 Å². The summed E-state index contributed by atoms with van der Waals surface area (Å²) in [7, 11) is 1.50. The van der Waals surface area contributed by atoms with Gasteiger partial charge in [0, 0.05) is 30.0 Å². The second kappa shape index (κ2) is 4.88. The van der Waals surface area contributed by atoms with Crippen molar-refractivity contribution in [3.8, 4) is 0 Å². The van der Waals surface area contributed by atoms with Crippen LogP contribution in [0.15, 0.2) is 22.3 Å². The molecule has 27 heavy (non-hydrogen) atoms. The standard InChI is InChI=1S/C23H31NO3/c1-13-11-24-12-15-6-4-14-5-7-16-17(20(25)27-3)10-22(19(14)16)21(15,2)9-8-18(13)23(22,24)26/h13,15,18,26H,4-12H2,1-3H3/t13-,15+,18-,21-,22+,23+/m1/s1. The molecule has 0 radical (unpaired) electrons. The Bertz CT molecular complexity index is 827. The molecule has 0 aromatic heterocycles. The highest BCUT2D eigenvalue weighted by atomic mass is 16.5. The number of methoxy groups -OCH3 is 1. The third-order valence-corrected chi connectivity index (χ3v) is 9.91. The van der Waals surface area contributed by atoms with Crippen molar-refractivity contribution in [3.63, 3.8) is 0 Å². The van der Waals surface area contributed by atoms with Gasteiger partial charge in [0.05, 0.1) is 7.11 Å². The largest absolute Gasteiger partial charge is 0.466 e. The lowest BCUT2D eigenvalue weighted by Crippen LogP contribution is -2.74. The van der Waals surface area contributed by atoms with Crippen LogP contribution < -0.4 is 0 Å². The molecule has 4 nitrogen and oxygen atoms in total. The first-order chi connectivity index (χ1) is 12.9. The summed E-state index contributed by atoms with van der Waals surface area (Å²) in [5.41, 5.74) is 4.06. The number of allylic oxidation sites excluding steroid dienone is 2. The Morgan fingerprint density at radius 1 is 1.22 bits per heavy atom. The van der Waals surface area contributed by atoms with Gasteiger partial charge in [-0.15, -0.1) is 0 Å². The van der Waals surface area contributed by atoms with Gasteiger partial charge in [0.15, 0.2) is 0 Å². The molecular formula is C23H31NO3. The minimum absolute atomic E-state index is 0.0707. The van der Waals surface area contributed by atoms with E-state index in [0.29, 0.717) is 24.2 Å². The quantitative estimate of drug-likeness (QED) is 0.720. The predicted molar refractivity (Wildman–Crippen MR) is 102 cm³/mol. The van der Waals surface area contributed by atoms with Gasteiger partial charge in [0.25, 0.3) is 0 Å². The van der Waals surface area contributed by atoms with Gasteiger partial charge in [0.2, 0.25) is 0 Å². The van der Waals surface area contributed by atoms with Crippen molar-refractivity contribution >= 4 is 5.97 Å². The molecule has 2 aliphatic heterocycles. The van der Waals surface area contributed by atoms with Crippen LogP contribution in [0.1, 0.15) is 58.8 Å². The number of carbonyl (C=O) groups excluding carboxylic acids is 1. The molecule has 6 aliphatic rings. The van der Waals surface area contributed by atoms with Crippen LogP contribution in [0.4, 0.5) is 0 Å². The van der Waals surface area contributed by atoms with Crippen LogP contribution in [-0.2, 0) is 9.53 Å². The molecule has 0 aromatic carbocycles. The monoisotopic (exact) mass is 369 g/mol. The van der Waals surface area contributed by atoms with Crippen molar-refractivity contribution < 1.29 is 14.6 Å². The van der Waals surface area contributed by atoms with Gasteiger partial charge in [-0.05, 0) is 73.3 Å². The van der Waals surface area contributed by atoms with Crippen molar-refractivity contribution in [2.45, 2.75) is 64.5 Å². The van der Waals surface area contributed by atoms with E-state index in [1.807, 2.05) is 0 Å². The maximum absolute atomic E-state index is 12.8. The van der Waals surface area contributed by atoms with Crippen LogP contribution in [0, 0.1) is 28.6 Å². The minimum Gasteiger partial charge on any atom is -0.466 e. The summed E-state index contributed by atoms with van der Waals surface area (Å²) in [4.78, 5) is 15.2. The van der Waals surface area contributed by atoms with E-state index in [0.717, 1.165) is 44.3 Å². The Balaban J connectivity index is 1.67. The lowest BCUT2D eigenvalue weighted by Gasteiger charge is -2.69. The van der Waals surface area contributed by atoms with Gasteiger partial charge >= 0.3 is 5.97 Å². The summed E-state index contributed by atoms with van der Waals surface area (Å²) in [5.74, 6) is 1.28. The second-order valence-corrected chi connectivity index (χ2v) is 10.4. The fraction of sp³-hybridized carbons (Fsp3) is 0.783. The molecular weight excluding hydrogens is 338 g/mol. The smallest absolute Gasteiger partial charge is 0.334 e. The fourth-order valence-electron chi connectivity index (χ4n) is 8.83. The van der Waals surface area contributed by atoms with E-state index in [1.165, 1.54) is 31.1 Å². The molecule has 6 atom stereocenters. The van der Waals surface area contributed by atoms with Gasteiger partial charge < -0.3 is 9.84 Å². The molecule has 1 saturated carbocycles. The molecule has 3 fully saturated rings. The van der Waals surface area contributed by atoms with Gasteiger partial charge in [-0.1, -0.05) is 19.4 Å². The van der Waals surface area contributed by atoms with E-state index in [4.69, 9.17) is 4.74 Å². The van der Waals surface area contributed by atoms with Crippen LogP contribution in [0.2, 0.25) is 0 Å². The van der Waals surface area contributed by atoms with Crippen LogP contribution in [0.3, 0.4) is 0 Å². The first-order valence-electron chi connectivity index (χ1n) is 10.9. The number of carbonyl (C=O) groups is 1. The zero-order valence-electron chi connectivity index (χ0n) is 16.8. The van der Waals surface area contributed by atoms with Crippen molar-refractivity contribution in [1.82, 2.24) is 4.90 Å². The molecule has 6 rings (SSSR count). The topological polar surface area (TPSA) is 49.8 Å². The summed E-state index contributed by atoms with van der Waals surface area (Å²) < 4.78 is 5.22. The zero-order valence-corrected chi connectivity index (χ0v) is 16.8. The van der Waals surface area contributed by atoms with Gasteiger partial charge in [-0.3, -0.25) is 4.90 Å². The van der Waals surface area contributed by atoms with Crippen LogP contribution >= 0.6 is 0 Å². The Morgan fingerprint density at radius 2 is 2.04 bits per heavy atom. The molecule has 4 heteroatoms. The molecule has 146 valence electrons. The summed E-state index contributed by atoms with van der Waals surface area (Å²) in [6, 6.07) is 0. The third kappa shape index (κ3) is 1.54. The number of nitrogens with zero attached hydrogens (tertiary/aromatic N) is 1. The first-order valence-corrected chi connectivity index (χ1v) is 10.9. The summed E-state index contributed by atoms with van der Waals surface area (Å²) >= 11 is 0. The average Bonchev–Trinajstić information content (AvgIpc) is 3.26. The lowest BCUT2D eigenvalue weighted by molar-refractivity contribution is -0.292. The van der Waals surface area contributed by atoms with E-state index in [-0.39, 0.29) is 16.8 Å². The molecule has 1 spiro atoms. The summed E-state index contributed by atoms with van der Waals surface area (Å²) in [6.07, 6.45) is 7.43. The number of esters is 1. The van der Waals surface area contributed by atoms with Crippen molar-refractivity contribution in [2.24, 2.45) is 28.6 Å². The Hall–Kier alpha value is -1.13. The van der Waals surface area contributed by atoms with E-state index in [2.05, 4.69) is 18.7 Å². The lowest BCUT2D eigenvalue weighted by atomic mass is 9.42. The molecule has 2 heterocycles. The van der Waals surface area contributed by atoms with E-state index in [9.17, 15) is 9.90 Å². The number of hydrogen-bond acceptors (Lipinski definition) is 4. The number of piperidine rings is 1. The van der Waals surface area contributed by atoms with E-state index < -0.39 is 5.72 Å². The van der Waals surface area contributed by atoms with E-state index in [1.54, 1.807) is 5.57 Å². The van der Waals surface area contributed by atoms with Crippen molar-refractivity contribution in [3.05, 3.63) is 22.3 Å². The summed E-state index contributed by atoms with van der Waals surface area (Å²) in [5, 5.41) is 12.6. The molecule has 0 unspecified atom stereocenters. The number of aliphatic hydroxyl groups is 1. The zero-order chi connectivity index (χ0) is 18.8. The van der Waals surface area contributed by atoms with Gasteiger partial charge in [0.1, 0.15) is 5.72 Å². The SMILES string of the molecule is COC(=O)C1=C2CCC3=C2[C@]2(C1)[C@@]1(O)[C@@H]4CC[C@]2(C)[C@@H](CC3)CN1C[C@H]4C. The van der Waals surface area contributed by atoms with Gasteiger partial charge in [-0.2, -0.15) is 0 Å². The predicted octanol–water partition coefficient (Wildman–Crippen LogP) is 3.42. The van der Waals surface area contributed by atoms with Crippen LogP contribution in [-0.4, -0.2) is 41.9 Å².